The van der Waals surface area contributed by atoms with E-state index in [4.69, 9.17) is 0 Å². The lowest BCUT2D eigenvalue weighted by Gasteiger charge is -2.18. The normalized spacial score (nSPS) is 12.0. The number of carbonyl (C=O) groups is 1. The standard InChI is InChI=1S/C15H18F2N4O/c1-3-13(11-8-10(16)4-5-12(11)17)20-15(22)19-9-14-18-6-7-21(14)2/h4-8,13H,3,9H2,1-2H3,(H2,19,20,22). The summed E-state index contributed by atoms with van der Waals surface area (Å²) in [6.07, 6.45) is 3.84. The van der Waals surface area contributed by atoms with E-state index < -0.39 is 23.7 Å². The smallest absolute Gasteiger partial charge is 0.315 e. The summed E-state index contributed by atoms with van der Waals surface area (Å²) in [6.45, 7) is 2.03. The number of aromatic nitrogens is 2. The maximum absolute atomic E-state index is 13.8. The van der Waals surface area contributed by atoms with Crippen LogP contribution in [-0.2, 0) is 13.6 Å². The van der Waals surface area contributed by atoms with Crippen LogP contribution in [0, 0.1) is 11.6 Å². The minimum atomic E-state index is -0.600. The van der Waals surface area contributed by atoms with E-state index in [1.165, 1.54) is 0 Å². The second-order valence-corrected chi connectivity index (χ2v) is 4.91. The summed E-state index contributed by atoms with van der Waals surface area (Å²) in [5.41, 5.74) is 0.134. The summed E-state index contributed by atoms with van der Waals surface area (Å²) in [6, 6.07) is 2.14. The second-order valence-electron chi connectivity index (χ2n) is 4.91. The average Bonchev–Trinajstić information content (AvgIpc) is 2.90. The Kier molecular flexibility index (Phi) is 5.08. The van der Waals surface area contributed by atoms with Crippen LogP contribution in [0.15, 0.2) is 30.6 Å². The molecule has 1 aromatic heterocycles. The molecule has 0 radical (unpaired) electrons. The van der Waals surface area contributed by atoms with Crippen molar-refractivity contribution in [3.8, 4) is 0 Å². The van der Waals surface area contributed by atoms with E-state index in [0.29, 0.717) is 12.2 Å². The van der Waals surface area contributed by atoms with Crippen LogP contribution in [0.3, 0.4) is 0 Å². The minimum absolute atomic E-state index is 0.134. The van der Waals surface area contributed by atoms with Gasteiger partial charge in [0.25, 0.3) is 0 Å². The number of nitrogens with zero attached hydrogens (tertiary/aromatic N) is 2. The molecule has 0 saturated heterocycles. The van der Waals surface area contributed by atoms with Crippen LogP contribution in [0.5, 0.6) is 0 Å². The highest BCUT2D eigenvalue weighted by Gasteiger charge is 2.17. The third-order valence-corrected chi connectivity index (χ3v) is 3.38. The van der Waals surface area contributed by atoms with Gasteiger partial charge in [-0.25, -0.2) is 18.6 Å². The Labute approximate surface area is 127 Å². The fourth-order valence-corrected chi connectivity index (χ4v) is 2.12. The number of carbonyl (C=O) groups excluding carboxylic acids is 1. The predicted molar refractivity (Wildman–Crippen MR) is 78.0 cm³/mol. The van der Waals surface area contributed by atoms with Crippen molar-refractivity contribution in [1.82, 2.24) is 20.2 Å². The van der Waals surface area contributed by atoms with E-state index in [9.17, 15) is 13.6 Å². The van der Waals surface area contributed by atoms with E-state index in [0.717, 1.165) is 18.2 Å². The molecule has 7 heteroatoms. The lowest BCUT2D eigenvalue weighted by atomic mass is 10.0. The average molecular weight is 308 g/mol. The van der Waals surface area contributed by atoms with Crippen LogP contribution in [0.1, 0.15) is 30.8 Å². The van der Waals surface area contributed by atoms with E-state index in [1.807, 2.05) is 7.05 Å². The number of rotatable bonds is 5. The van der Waals surface area contributed by atoms with Gasteiger partial charge in [-0.15, -0.1) is 0 Å². The van der Waals surface area contributed by atoms with Gasteiger partial charge in [-0.1, -0.05) is 6.92 Å². The first-order chi connectivity index (χ1) is 10.5. The molecule has 0 aliphatic rings. The number of benzene rings is 1. The Hall–Kier alpha value is -2.44. The molecule has 1 atom stereocenters. The minimum Gasteiger partial charge on any atom is -0.337 e. The molecule has 2 aromatic rings. The van der Waals surface area contributed by atoms with Crippen LogP contribution in [0.4, 0.5) is 13.6 Å². The van der Waals surface area contributed by atoms with Gasteiger partial charge in [0, 0.05) is 25.0 Å². The monoisotopic (exact) mass is 308 g/mol. The number of amides is 2. The first-order valence-electron chi connectivity index (χ1n) is 6.96. The molecular weight excluding hydrogens is 290 g/mol. The summed E-state index contributed by atoms with van der Waals surface area (Å²) >= 11 is 0. The summed E-state index contributed by atoms with van der Waals surface area (Å²) in [5, 5.41) is 5.28. The number of halogens is 2. The van der Waals surface area contributed by atoms with Crippen molar-refractivity contribution in [1.29, 1.82) is 0 Å². The maximum atomic E-state index is 13.8. The number of aryl methyl sites for hydroxylation is 1. The van der Waals surface area contributed by atoms with Crippen molar-refractivity contribution < 1.29 is 13.6 Å². The van der Waals surface area contributed by atoms with Gasteiger partial charge in [0.15, 0.2) is 0 Å². The number of nitrogens with one attached hydrogen (secondary N) is 2. The van der Waals surface area contributed by atoms with Crippen LogP contribution in [-0.4, -0.2) is 15.6 Å². The van der Waals surface area contributed by atoms with Gasteiger partial charge >= 0.3 is 6.03 Å². The van der Waals surface area contributed by atoms with Crippen molar-refractivity contribution in [2.75, 3.05) is 0 Å². The third kappa shape index (κ3) is 3.81. The van der Waals surface area contributed by atoms with Crippen LogP contribution in [0.2, 0.25) is 0 Å². The molecular formula is C15H18F2N4O. The first-order valence-corrected chi connectivity index (χ1v) is 6.96. The summed E-state index contributed by atoms with van der Waals surface area (Å²) in [5.74, 6) is -0.386. The second kappa shape index (κ2) is 7.02. The highest BCUT2D eigenvalue weighted by Crippen LogP contribution is 2.21. The van der Waals surface area contributed by atoms with Crippen LogP contribution < -0.4 is 10.6 Å². The molecule has 0 bridgehead atoms. The lowest BCUT2D eigenvalue weighted by molar-refractivity contribution is 0.235. The Bertz CT molecular complexity index is 657. The topological polar surface area (TPSA) is 59.0 Å². The Balaban J connectivity index is 1.99. The third-order valence-electron chi connectivity index (χ3n) is 3.38. The van der Waals surface area contributed by atoms with Gasteiger partial charge in [-0.3, -0.25) is 0 Å². The van der Waals surface area contributed by atoms with Crippen molar-refractivity contribution in [2.45, 2.75) is 25.9 Å². The molecule has 0 aliphatic carbocycles. The van der Waals surface area contributed by atoms with Crippen LogP contribution >= 0.6 is 0 Å². The largest absolute Gasteiger partial charge is 0.337 e. The zero-order valence-corrected chi connectivity index (χ0v) is 12.4. The first kappa shape index (κ1) is 15.9. The molecule has 0 aliphatic heterocycles. The molecule has 0 saturated carbocycles. The quantitative estimate of drug-likeness (QED) is 0.892. The summed E-state index contributed by atoms with van der Waals surface area (Å²) < 4.78 is 28.8. The fourth-order valence-electron chi connectivity index (χ4n) is 2.12. The molecule has 5 nitrogen and oxygen atoms in total. The molecule has 22 heavy (non-hydrogen) atoms. The molecule has 0 fully saturated rings. The Morgan fingerprint density at radius 2 is 2.18 bits per heavy atom. The molecule has 2 N–H and O–H groups in total. The van der Waals surface area contributed by atoms with Crippen molar-refractivity contribution in [2.24, 2.45) is 7.05 Å². The molecule has 2 amide bonds. The number of urea groups is 1. The number of hydrogen-bond donors (Lipinski definition) is 2. The van der Waals surface area contributed by atoms with Gasteiger partial charge in [-0.05, 0) is 24.6 Å². The molecule has 1 aromatic carbocycles. The van der Waals surface area contributed by atoms with E-state index in [2.05, 4.69) is 15.6 Å². The predicted octanol–water partition coefficient (Wildman–Crippen LogP) is 2.65. The molecule has 1 unspecified atom stereocenters. The SMILES string of the molecule is CCC(NC(=O)NCc1nccn1C)c1cc(F)ccc1F. The molecule has 0 spiro atoms. The van der Waals surface area contributed by atoms with Gasteiger partial charge in [-0.2, -0.15) is 0 Å². The summed E-state index contributed by atoms with van der Waals surface area (Å²) in [4.78, 5) is 16.0. The zero-order valence-electron chi connectivity index (χ0n) is 12.4. The Morgan fingerprint density at radius 1 is 1.41 bits per heavy atom. The molecule has 118 valence electrons. The van der Waals surface area contributed by atoms with Crippen LogP contribution in [0.25, 0.3) is 0 Å². The highest BCUT2D eigenvalue weighted by atomic mass is 19.1. The molecule has 1 heterocycles. The number of imidazole rings is 1. The zero-order chi connectivity index (χ0) is 16.1. The number of hydrogen-bond acceptors (Lipinski definition) is 2. The van der Waals surface area contributed by atoms with Crippen molar-refractivity contribution in [3.63, 3.8) is 0 Å². The fraction of sp³-hybridized carbons (Fsp3) is 0.333. The van der Waals surface area contributed by atoms with Gasteiger partial charge < -0.3 is 15.2 Å². The van der Waals surface area contributed by atoms with Gasteiger partial charge in [0.05, 0.1) is 12.6 Å². The summed E-state index contributed by atoms with van der Waals surface area (Å²) in [7, 11) is 1.82. The Morgan fingerprint density at radius 3 is 2.82 bits per heavy atom. The lowest BCUT2D eigenvalue weighted by Crippen LogP contribution is -2.38. The highest BCUT2D eigenvalue weighted by molar-refractivity contribution is 5.74. The molecule has 2 rings (SSSR count). The van der Waals surface area contributed by atoms with E-state index >= 15 is 0 Å². The van der Waals surface area contributed by atoms with E-state index in [-0.39, 0.29) is 12.1 Å². The maximum Gasteiger partial charge on any atom is 0.315 e. The van der Waals surface area contributed by atoms with Crippen molar-refractivity contribution >= 4 is 6.03 Å². The van der Waals surface area contributed by atoms with E-state index in [1.54, 1.807) is 23.9 Å². The van der Waals surface area contributed by atoms with Gasteiger partial charge in [0.1, 0.15) is 17.5 Å². The van der Waals surface area contributed by atoms with Gasteiger partial charge in [0.2, 0.25) is 0 Å². The van der Waals surface area contributed by atoms with Crippen molar-refractivity contribution in [3.05, 3.63) is 53.6 Å².